The minimum atomic E-state index is -0.702. The molecule has 3 rings (SSSR count). The molecule has 1 fully saturated rings. The van der Waals surface area contributed by atoms with Gasteiger partial charge in [-0.25, -0.2) is 0 Å². The third-order valence-electron chi connectivity index (χ3n) is 4.98. The monoisotopic (exact) mass is 365 g/mol. The number of hydrogen-bond donors (Lipinski definition) is 3. The number of carbonyl (C=O) groups is 2. The molecule has 142 valence electrons. The number of para-hydroxylation sites is 1. The van der Waals surface area contributed by atoms with Crippen molar-refractivity contribution in [1.82, 2.24) is 10.6 Å². The highest BCUT2D eigenvalue weighted by molar-refractivity contribution is 5.97. The standard InChI is InChI=1S/C22H27N3O2/c26-20(12-11-17-13-15-23-16-14-17)25-21(18-7-3-1-4-8-18)22(27)24-19-9-5-2-6-10-19/h1-10,17,21,23H,11-16H2,(H,24,27)(H,25,26). The van der Waals surface area contributed by atoms with Gasteiger partial charge in [0.2, 0.25) is 5.91 Å². The zero-order valence-corrected chi connectivity index (χ0v) is 15.5. The Kier molecular flexibility index (Phi) is 6.99. The number of piperidine rings is 1. The molecule has 1 unspecified atom stereocenters. The summed E-state index contributed by atoms with van der Waals surface area (Å²) in [4.78, 5) is 25.3. The second-order valence-corrected chi connectivity index (χ2v) is 7.00. The predicted molar refractivity (Wildman–Crippen MR) is 107 cm³/mol. The summed E-state index contributed by atoms with van der Waals surface area (Å²) in [5.41, 5.74) is 1.49. The van der Waals surface area contributed by atoms with Crippen LogP contribution in [0.15, 0.2) is 60.7 Å². The Morgan fingerprint density at radius 1 is 0.963 bits per heavy atom. The average molecular weight is 365 g/mol. The quantitative estimate of drug-likeness (QED) is 0.705. The van der Waals surface area contributed by atoms with E-state index in [0.717, 1.165) is 37.9 Å². The molecule has 0 aliphatic carbocycles. The molecule has 2 amide bonds. The highest BCUT2D eigenvalue weighted by Crippen LogP contribution is 2.19. The molecule has 1 aliphatic heterocycles. The van der Waals surface area contributed by atoms with Crippen molar-refractivity contribution >= 4 is 17.5 Å². The van der Waals surface area contributed by atoms with Gasteiger partial charge in [-0.2, -0.15) is 0 Å². The summed E-state index contributed by atoms with van der Waals surface area (Å²) in [7, 11) is 0. The molecule has 1 atom stereocenters. The van der Waals surface area contributed by atoms with E-state index in [1.807, 2.05) is 60.7 Å². The number of anilines is 1. The summed E-state index contributed by atoms with van der Waals surface area (Å²) in [5.74, 6) is 0.276. The number of benzene rings is 2. The molecular weight excluding hydrogens is 338 g/mol. The van der Waals surface area contributed by atoms with E-state index in [-0.39, 0.29) is 11.8 Å². The number of hydrogen-bond acceptors (Lipinski definition) is 3. The molecule has 5 nitrogen and oxygen atoms in total. The van der Waals surface area contributed by atoms with Crippen molar-refractivity contribution in [1.29, 1.82) is 0 Å². The Bertz CT molecular complexity index is 728. The van der Waals surface area contributed by atoms with E-state index in [0.29, 0.717) is 18.0 Å². The Balaban J connectivity index is 1.63. The highest BCUT2D eigenvalue weighted by atomic mass is 16.2. The van der Waals surface area contributed by atoms with Crippen LogP contribution in [0, 0.1) is 5.92 Å². The molecule has 0 radical (unpaired) electrons. The van der Waals surface area contributed by atoms with Crippen LogP contribution in [-0.4, -0.2) is 24.9 Å². The highest BCUT2D eigenvalue weighted by Gasteiger charge is 2.23. The Hall–Kier alpha value is -2.66. The van der Waals surface area contributed by atoms with E-state index in [9.17, 15) is 9.59 Å². The predicted octanol–water partition coefficient (Wildman–Crippen LogP) is 3.26. The van der Waals surface area contributed by atoms with Gasteiger partial charge in [0.15, 0.2) is 0 Å². The number of carbonyl (C=O) groups excluding carboxylic acids is 2. The summed E-state index contributed by atoms with van der Waals surface area (Å²) in [6.07, 6.45) is 3.55. The minimum Gasteiger partial charge on any atom is -0.341 e. The molecule has 0 aromatic heterocycles. The van der Waals surface area contributed by atoms with Crippen molar-refractivity contribution in [3.05, 3.63) is 66.2 Å². The Labute approximate surface area is 160 Å². The number of rotatable bonds is 7. The Morgan fingerprint density at radius 3 is 2.26 bits per heavy atom. The van der Waals surface area contributed by atoms with E-state index in [1.165, 1.54) is 0 Å². The fourth-order valence-corrected chi connectivity index (χ4v) is 3.42. The third-order valence-corrected chi connectivity index (χ3v) is 4.98. The van der Waals surface area contributed by atoms with Crippen molar-refractivity contribution in [3.8, 4) is 0 Å². The smallest absolute Gasteiger partial charge is 0.251 e. The molecule has 1 heterocycles. The molecule has 3 N–H and O–H groups in total. The topological polar surface area (TPSA) is 70.2 Å². The first-order valence-electron chi connectivity index (χ1n) is 9.63. The lowest BCUT2D eigenvalue weighted by Crippen LogP contribution is -2.37. The van der Waals surface area contributed by atoms with Gasteiger partial charge in [-0.1, -0.05) is 48.5 Å². The van der Waals surface area contributed by atoms with Gasteiger partial charge >= 0.3 is 0 Å². The molecule has 0 saturated carbocycles. The zero-order valence-electron chi connectivity index (χ0n) is 15.5. The summed E-state index contributed by atoms with van der Waals surface area (Å²) < 4.78 is 0. The SMILES string of the molecule is O=C(CCC1CCNCC1)NC(C(=O)Nc1ccccc1)c1ccccc1. The summed E-state index contributed by atoms with van der Waals surface area (Å²) >= 11 is 0. The van der Waals surface area contributed by atoms with Crippen LogP contribution in [-0.2, 0) is 9.59 Å². The number of amides is 2. The first-order valence-corrected chi connectivity index (χ1v) is 9.63. The van der Waals surface area contributed by atoms with Gasteiger partial charge in [0.1, 0.15) is 6.04 Å². The molecule has 5 heteroatoms. The van der Waals surface area contributed by atoms with Crippen LogP contribution >= 0.6 is 0 Å². The average Bonchev–Trinajstić information content (AvgIpc) is 2.72. The first-order chi connectivity index (χ1) is 13.2. The van der Waals surface area contributed by atoms with Gasteiger partial charge in [-0.15, -0.1) is 0 Å². The summed E-state index contributed by atoms with van der Waals surface area (Å²) in [6, 6.07) is 18.0. The van der Waals surface area contributed by atoms with Gasteiger partial charge in [-0.05, 0) is 56.0 Å². The van der Waals surface area contributed by atoms with Crippen LogP contribution in [0.25, 0.3) is 0 Å². The second kappa shape index (κ2) is 9.88. The van der Waals surface area contributed by atoms with E-state index in [4.69, 9.17) is 0 Å². The van der Waals surface area contributed by atoms with Crippen LogP contribution in [0.1, 0.15) is 37.3 Å². The van der Waals surface area contributed by atoms with Crippen molar-refractivity contribution in [3.63, 3.8) is 0 Å². The van der Waals surface area contributed by atoms with Crippen LogP contribution in [0.3, 0.4) is 0 Å². The van der Waals surface area contributed by atoms with Gasteiger partial charge in [0, 0.05) is 12.1 Å². The van der Waals surface area contributed by atoms with E-state index in [2.05, 4.69) is 16.0 Å². The van der Waals surface area contributed by atoms with Gasteiger partial charge in [0.05, 0.1) is 0 Å². The van der Waals surface area contributed by atoms with Crippen LogP contribution < -0.4 is 16.0 Å². The van der Waals surface area contributed by atoms with Crippen LogP contribution in [0.4, 0.5) is 5.69 Å². The molecule has 1 aliphatic rings. The largest absolute Gasteiger partial charge is 0.341 e. The lowest BCUT2D eigenvalue weighted by molar-refractivity contribution is -0.126. The normalized spacial score (nSPS) is 15.7. The fourth-order valence-electron chi connectivity index (χ4n) is 3.42. The first kappa shape index (κ1) is 19.1. The maximum absolute atomic E-state index is 12.8. The number of nitrogens with one attached hydrogen (secondary N) is 3. The van der Waals surface area contributed by atoms with Gasteiger partial charge in [0.25, 0.3) is 5.91 Å². The van der Waals surface area contributed by atoms with E-state index >= 15 is 0 Å². The van der Waals surface area contributed by atoms with Crippen LogP contribution in [0.5, 0.6) is 0 Å². The molecule has 2 aromatic rings. The maximum Gasteiger partial charge on any atom is 0.251 e. The lowest BCUT2D eigenvalue weighted by atomic mass is 9.93. The summed E-state index contributed by atoms with van der Waals surface area (Å²) in [5, 5.41) is 9.16. The molecule has 2 aromatic carbocycles. The Morgan fingerprint density at radius 2 is 1.59 bits per heavy atom. The second-order valence-electron chi connectivity index (χ2n) is 7.00. The lowest BCUT2D eigenvalue weighted by Gasteiger charge is -2.23. The molecule has 1 saturated heterocycles. The van der Waals surface area contributed by atoms with Crippen molar-refractivity contribution < 1.29 is 9.59 Å². The zero-order chi connectivity index (χ0) is 18.9. The molecule has 0 spiro atoms. The third kappa shape index (κ3) is 5.93. The van der Waals surface area contributed by atoms with Crippen molar-refractivity contribution in [2.75, 3.05) is 18.4 Å². The van der Waals surface area contributed by atoms with E-state index in [1.54, 1.807) is 0 Å². The van der Waals surface area contributed by atoms with Crippen LogP contribution in [0.2, 0.25) is 0 Å². The van der Waals surface area contributed by atoms with Crippen molar-refractivity contribution in [2.45, 2.75) is 31.7 Å². The fraction of sp³-hybridized carbons (Fsp3) is 0.364. The molecular formula is C22H27N3O2. The minimum absolute atomic E-state index is 0.0782. The summed E-state index contributed by atoms with van der Waals surface area (Å²) in [6.45, 7) is 2.05. The maximum atomic E-state index is 12.8. The molecule has 27 heavy (non-hydrogen) atoms. The van der Waals surface area contributed by atoms with Gasteiger partial charge in [-0.3, -0.25) is 9.59 Å². The van der Waals surface area contributed by atoms with Gasteiger partial charge < -0.3 is 16.0 Å². The molecule has 0 bridgehead atoms. The van der Waals surface area contributed by atoms with Crippen molar-refractivity contribution in [2.24, 2.45) is 5.92 Å². The van der Waals surface area contributed by atoms with E-state index < -0.39 is 6.04 Å².